The fraction of sp³-hybridized carbons (Fsp3) is 0.455. The number of thioether (sulfide) groups is 1. The Hall–Kier alpha value is -3.21. The number of aromatic nitrogens is 5. The van der Waals surface area contributed by atoms with Gasteiger partial charge in [0.05, 0.1) is 27.9 Å². The molecule has 4 rings (SSSR count). The maximum atomic E-state index is 13.5. The van der Waals surface area contributed by atoms with Gasteiger partial charge in [-0.15, -0.1) is 10.2 Å². The van der Waals surface area contributed by atoms with E-state index >= 15 is 0 Å². The summed E-state index contributed by atoms with van der Waals surface area (Å²) in [5, 5.41) is 14.3. The van der Waals surface area contributed by atoms with Crippen LogP contribution in [0.25, 0.3) is 11.5 Å². The van der Waals surface area contributed by atoms with Gasteiger partial charge >= 0.3 is 0 Å². The zero-order valence-electron chi connectivity index (χ0n) is 19.7. The normalized spacial score (nSPS) is 13.1. The fourth-order valence-corrected chi connectivity index (χ4v) is 4.75. The number of hydrogen-bond donors (Lipinski definition) is 0. The molecule has 0 unspecified atom stereocenters. The van der Waals surface area contributed by atoms with Gasteiger partial charge in [-0.3, -0.25) is 9.48 Å². The number of nitrogens with zero attached hydrogens (tertiary/aromatic N) is 6. The molecule has 176 valence electrons. The summed E-state index contributed by atoms with van der Waals surface area (Å²) in [5.74, 6) is 2.83. The molecule has 0 atom stereocenters. The lowest BCUT2D eigenvalue weighted by atomic mass is 10.0. The molecule has 3 aromatic rings. The molecular weight excluding hydrogens is 444 g/mol. The SMILES string of the molecule is CCSc1nnc(-c2nn(C)c3c2CN(C(=O)c2cc(OC)c(OC)c(OC)c2)CC3)n1C. The van der Waals surface area contributed by atoms with Crippen molar-refractivity contribution < 1.29 is 19.0 Å². The topological polar surface area (TPSA) is 96.5 Å². The predicted octanol–water partition coefficient (Wildman–Crippen LogP) is 2.55. The Morgan fingerprint density at radius 3 is 2.39 bits per heavy atom. The van der Waals surface area contributed by atoms with Gasteiger partial charge in [0, 0.05) is 43.9 Å². The number of methoxy groups -OCH3 is 3. The van der Waals surface area contributed by atoms with Gasteiger partial charge < -0.3 is 23.7 Å². The lowest BCUT2D eigenvalue weighted by Crippen LogP contribution is -2.36. The van der Waals surface area contributed by atoms with Crippen LogP contribution in [-0.4, -0.2) is 69.0 Å². The molecule has 11 heteroatoms. The standard InChI is InChI=1S/C22H28N6O4S/c1-7-33-22-24-23-20(26(22)2)18-14-12-28(9-8-15(14)27(3)25-18)21(29)13-10-16(30-4)19(32-6)17(11-13)31-5/h10-11H,7-9,12H2,1-6H3. The molecule has 10 nitrogen and oxygen atoms in total. The largest absolute Gasteiger partial charge is 0.493 e. The van der Waals surface area contributed by atoms with Gasteiger partial charge in [0.2, 0.25) is 5.75 Å². The molecule has 0 bridgehead atoms. The van der Waals surface area contributed by atoms with Crippen LogP contribution in [0.4, 0.5) is 0 Å². The molecule has 1 aromatic carbocycles. The summed E-state index contributed by atoms with van der Waals surface area (Å²) in [6, 6.07) is 3.36. The highest BCUT2D eigenvalue weighted by atomic mass is 32.2. The van der Waals surface area contributed by atoms with E-state index < -0.39 is 0 Å². The van der Waals surface area contributed by atoms with Gasteiger partial charge in [-0.25, -0.2) is 0 Å². The van der Waals surface area contributed by atoms with Crippen molar-refractivity contribution in [1.29, 1.82) is 0 Å². The van der Waals surface area contributed by atoms with Crippen LogP contribution in [-0.2, 0) is 27.1 Å². The van der Waals surface area contributed by atoms with E-state index in [1.54, 1.807) is 23.9 Å². The van der Waals surface area contributed by atoms with Crippen molar-refractivity contribution in [1.82, 2.24) is 29.4 Å². The predicted molar refractivity (Wildman–Crippen MR) is 124 cm³/mol. The van der Waals surface area contributed by atoms with Gasteiger partial charge in [0.25, 0.3) is 5.91 Å². The van der Waals surface area contributed by atoms with Crippen LogP contribution in [0.5, 0.6) is 17.2 Å². The summed E-state index contributed by atoms with van der Waals surface area (Å²) < 4.78 is 20.1. The van der Waals surface area contributed by atoms with E-state index in [1.807, 2.05) is 28.2 Å². The molecule has 0 saturated carbocycles. The molecule has 0 fully saturated rings. The van der Waals surface area contributed by atoms with Gasteiger partial charge in [-0.2, -0.15) is 5.10 Å². The molecule has 0 spiro atoms. The zero-order chi connectivity index (χ0) is 23.7. The van der Waals surface area contributed by atoms with Crippen molar-refractivity contribution in [3.05, 3.63) is 29.0 Å². The number of fused-ring (bicyclic) bond motifs is 1. The summed E-state index contributed by atoms with van der Waals surface area (Å²) in [7, 11) is 8.47. The van der Waals surface area contributed by atoms with Crippen LogP contribution in [0.1, 0.15) is 28.5 Å². The number of carbonyl (C=O) groups excluding carboxylic acids is 1. The Kier molecular flexibility index (Phi) is 6.50. The fourth-order valence-electron chi connectivity index (χ4n) is 4.11. The highest BCUT2D eigenvalue weighted by molar-refractivity contribution is 7.99. The molecule has 1 aliphatic heterocycles. The first kappa shape index (κ1) is 23.0. The minimum atomic E-state index is -0.116. The van der Waals surface area contributed by atoms with Crippen LogP contribution < -0.4 is 14.2 Å². The van der Waals surface area contributed by atoms with Crippen LogP contribution in [0.3, 0.4) is 0 Å². The number of benzene rings is 1. The number of carbonyl (C=O) groups is 1. The first-order valence-electron chi connectivity index (χ1n) is 10.6. The second kappa shape index (κ2) is 9.34. The van der Waals surface area contributed by atoms with Gasteiger partial charge in [-0.05, 0) is 17.9 Å². The number of amides is 1. The maximum absolute atomic E-state index is 13.5. The summed E-state index contributed by atoms with van der Waals surface area (Å²) in [6.07, 6.45) is 0.698. The first-order chi connectivity index (χ1) is 15.9. The Balaban J connectivity index is 1.68. The van der Waals surface area contributed by atoms with Crippen molar-refractivity contribution in [3.63, 3.8) is 0 Å². The van der Waals surface area contributed by atoms with Crippen LogP contribution in [0, 0.1) is 0 Å². The molecule has 0 saturated heterocycles. The highest BCUT2D eigenvalue weighted by Gasteiger charge is 2.30. The van der Waals surface area contributed by atoms with Crippen LogP contribution in [0.2, 0.25) is 0 Å². The molecule has 1 aliphatic rings. The number of aryl methyl sites for hydroxylation is 1. The lowest BCUT2D eigenvalue weighted by molar-refractivity contribution is 0.0733. The Morgan fingerprint density at radius 2 is 1.79 bits per heavy atom. The molecule has 0 radical (unpaired) electrons. The summed E-state index contributed by atoms with van der Waals surface area (Å²) >= 11 is 1.63. The maximum Gasteiger partial charge on any atom is 0.254 e. The van der Waals surface area contributed by atoms with Gasteiger partial charge in [0.15, 0.2) is 22.5 Å². The summed E-state index contributed by atoms with van der Waals surface area (Å²) in [4.78, 5) is 15.3. The molecular formula is C22H28N6O4S. The van der Waals surface area contributed by atoms with E-state index in [-0.39, 0.29) is 5.91 Å². The highest BCUT2D eigenvalue weighted by Crippen LogP contribution is 2.39. The number of rotatable bonds is 7. The monoisotopic (exact) mass is 472 g/mol. The average Bonchev–Trinajstić information content (AvgIpc) is 3.36. The van der Waals surface area contributed by atoms with E-state index in [2.05, 4.69) is 17.1 Å². The minimum absolute atomic E-state index is 0.116. The summed E-state index contributed by atoms with van der Waals surface area (Å²) in [6.45, 7) is 3.09. The average molecular weight is 473 g/mol. The van der Waals surface area contributed by atoms with E-state index in [0.29, 0.717) is 48.1 Å². The number of hydrogen-bond acceptors (Lipinski definition) is 8. The van der Waals surface area contributed by atoms with Crippen molar-refractivity contribution in [2.24, 2.45) is 14.1 Å². The Bertz CT molecular complexity index is 1160. The molecule has 0 aliphatic carbocycles. The summed E-state index contributed by atoms with van der Waals surface area (Å²) in [5.41, 5.74) is 3.33. The molecule has 3 heterocycles. The van der Waals surface area contributed by atoms with E-state index in [4.69, 9.17) is 19.3 Å². The molecule has 0 N–H and O–H groups in total. The third-order valence-corrected chi connectivity index (χ3v) is 6.66. The quantitative estimate of drug-likeness (QED) is 0.484. The third kappa shape index (κ3) is 4.01. The molecule has 1 amide bonds. The molecule has 2 aromatic heterocycles. The minimum Gasteiger partial charge on any atom is -0.493 e. The van der Waals surface area contributed by atoms with Crippen molar-refractivity contribution in [3.8, 4) is 28.8 Å². The van der Waals surface area contributed by atoms with Crippen LogP contribution >= 0.6 is 11.8 Å². The van der Waals surface area contributed by atoms with Crippen LogP contribution in [0.15, 0.2) is 17.3 Å². The van der Waals surface area contributed by atoms with Gasteiger partial charge in [-0.1, -0.05) is 18.7 Å². The Morgan fingerprint density at radius 1 is 1.09 bits per heavy atom. The zero-order valence-corrected chi connectivity index (χ0v) is 20.5. The third-order valence-electron chi connectivity index (χ3n) is 5.76. The van der Waals surface area contributed by atoms with Gasteiger partial charge in [0.1, 0.15) is 5.69 Å². The van der Waals surface area contributed by atoms with Crippen molar-refractivity contribution in [2.75, 3.05) is 33.6 Å². The lowest BCUT2D eigenvalue weighted by Gasteiger charge is -2.28. The second-order valence-corrected chi connectivity index (χ2v) is 8.82. The van der Waals surface area contributed by atoms with E-state index in [1.165, 1.54) is 21.3 Å². The van der Waals surface area contributed by atoms with Crippen molar-refractivity contribution >= 4 is 17.7 Å². The second-order valence-electron chi connectivity index (χ2n) is 7.59. The van der Waals surface area contributed by atoms with E-state index in [9.17, 15) is 4.79 Å². The Labute approximate surface area is 196 Å². The van der Waals surface area contributed by atoms with Crippen molar-refractivity contribution in [2.45, 2.75) is 25.0 Å². The van der Waals surface area contributed by atoms with E-state index in [0.717, 1.165) is 27.9 Å². The number of ether oxygens (including phenoxy) is 3. The molecule has 33 heavy (non-hydrogen) atoms. The first-order valence-corrected chi connectivity index (χ1v) is 11.6. The smallest absolute Gasteiger partial charge is 0.254 e.